The maximum Gasteiger partial charge on any atom is 0.414 e. The van der Waals surface area contributed by atoms with Crippen LogP contribution in [-0.4, -0.2) is 40.9 Å². The van der Waals surface area contributed by atoms with Gasteiger partial charge in [0.25, 0.3) is 5.91 Å². The molecule has 1 aromatic heterocycles. The SMILES string of the molecule is CC(NC(=O)c1cc(NC(=O)OCC2c3ccccc3-c3ccccc32)on1)C(=O)O. The molecule has 158 valence electrons. The molecule has 2 aromatic carbocycles. The van der Waals surface area contributed by atoms with Gasteiger partial charge in [0.1, 0.15) is 12.6 Å². The average Bonchev–Trinajstić information content (AvgIpc) is 3.35. The summed E-state index contributed by atoms with van der Waals surface area (Å²) < 4.78 is 10.3. The molecule has 1 aliphatic carbocycles. The molecule has 1 aliphatic rings. The van der Waals surface area contributed by atoms with Crippen LogP contribution in [0.4, 0.5) is 10.7 Å². The molecule has 31 heavy (non-hydrogen) atoms. The van der Waals surface area contributed by atoms with Gasteiger partial charge in [-0.05, 0) is 29.2 Å². The Morgan fingerprint density at radius 3 is 2.32 bits per heavy atom. The summed E-state index contributed by atoms with van der Waals surface area (Å²) in [5.41, 5.74) is 4.24. The van der Waals surface area contributed by atoms with Gasteiger partial charge in [-0.15, -0.1) is 0 Å². The van der Waals surface area contributed by atoms with Gasteiger partial charge in [-0.25, -0.2) is 4.79 Å². The number of hydrogen-bond donors (Lipinski definition) is 3. The Kier molecular flexibility index (Phi) is 5.40. The molecule has 9 nitrogen and oxygen atoms in total. The number of nitrogens with zero attached hydrogens (tertiary/aromatic N) is 1. The third-order valence-corrected chi connectivity index (χ3v) is 5.03. The van der Waals surface area contributed by atoms with E-state index in [2.05, 4.69) is 15.8 Å². The number of anilines is 1. The molecule has 1 unspecified atom stereocenters. The van der Waals surface area contributed by atoms with Crippen LogP contribution in [0.15, 0.2) is 59.1 Å². The third kappa shape index (κ3) is 4.11. The number of fused-ring (bicyclic) bond motifs is 3. The zero-order valence-electron chi connectivity index (χ0n) is 16.5. The molecule has 0 aliphatic heterocycles. The molecule has 4 rings (SSSR count). The first kappa shape index (κ1) is 20.1. The van der Waals surface area contributed by atoms with Gasteiger partial charge in [0.15, 0.2) is 5.69 Å². The van der Waals surface area contributed by atoms with E-state index in [1.54, 1.807) is 0 Å². The Hall–Kier alpha value is -4.14. The summed E-state index contributed by atoms with van der Waals surface area (Å²) in [7, 11) is 0. The van der Waals surface area contributed by atoms with Crippen LogP contribution in [0, 0.1) is 0 Å². The number of ether oxygens (including phenoxy) is 1. The second kappa shape index (κ2) is 8.31. The molecule has 1 atom stereocenters. The first-order valence-electron chi connectivity index (χ1n) is 9.56. The molecular formula is C22H19N3O6. The highest BCUT2D eigenvalue weighted by Crippen LogP contribution is 2.44. The second-order valence-corrected chi connectivity index (χ2v) is 7.06. The van der Waals surface area contributed by atoms with E-state index in [0.717, 1.165) is 22.3 Å². The Labute approximate surface area is 177 Å². The van der Waals surface area contributed by atoms with Crippen molar-refractivity contribution in [1.29, 1.82) is 0 Å². The van der Waals surface area contributed by atoms with E-state index in [0.29, 0.717) is 0 Å². The van der Waals surface area contributed by atoms with Crippen LogP contribution >= 0.6 is 0 Å². The number of carboxylic acids is 1. The van der Waals surface area contributed by atoms with E-state index in [9.17, 15) is 14.4 Å². The molecule has 3 aromatic rings. The highest BCUT2D eigenvalue weighted by Gasteiger charge is 2.29. The number of aromatic nitrogens is 1. The largest absolute Gasteiger partial charge is 0.480 e. The number of hydrogen-bond acceptors (Lipinski definition) is 6. The Morgan fingerprint density at radius 1 is 1.10 bits per heavy atom. The van der Waals surface area contributed by atoms with Gasteiger partial charge in [0.2, 0.25) is 5.88 Å². The minimum atomic E-state index is -1.19. The lowest BCUT2D eigenvalue weighted by molar-refractivity contribution is -0.138. The minimum absolute atomic E-state index is 0.0910. The van der Waals surface area contributed by atoms with E-state index in [1.165, 1.54) is 13.0 Å². The fourth-order valence-corrected chi connectivity index (χ4v) is 3.51. The normalized spacial score (nSPS) is 13.1. The van der Waals surface area contributed by atoms with Crippen molar-refractivity contribution in [2.45, 2.75) is 18.9 Å². The fraction of sp³-hybridized carbons (Fsp3) is 0.182. The van der Waals surface area contributed by atoms with Crippen LogP contribution in [0.1, 0.15) is 34.5 Å². The predicted molar refractivity (Wildman–Crippen MR) is 110 cm³/mol. The smallest absolute Gasteiger partial charge is 0.414 e. The third-order valence-electron chi connectivity index (χ3n) is 5.03. The monoisotopic (exact) mass is 421 g/mol. The van der Waals surface area contributed by atoms with Crippen LogP contribution < -0.4 is 10.6 Å². The van der Waals surface area contributed by atoms with Crippen molar-refractivity contribution >= 4 is 23.9 Å². The van der Waals surface area contributed by atoms with Crippen molar-refractivity contribution in [3.63, 3.8) is 0 Å². The Morgan fingerprint density at radius 2 is 1.71 bits per heavy atom. The zero-order valence-corrected chi connectivity index (χ0v) is 16.5. The van der Waals surface area contributed by atoms with Gasteiger partial charge >= 0.3 is 12.1 Å². The average molecular weight is 421 g/mol. The first-order chi connectivity index (χ1) is 14.9. The van der Waals surface area contributed by atoms with Crippen molar-refractivity contribution in [3.05, 3.63) is 71.4 Å². The molecule has 0 fully saturated rings. The molecule has 0 saturated carbocycles. The molecule has 2 amide bonds. The highest BCUT2D eigenvalue weighted by molar-refractivity contribution is 5.96. The number of benzene rings is 2. The summed E-state index contributed by atoms with van der Waals surface area (Å²) >= 11 is 0. The van der Waals surface area contributed by atoms with Crippen molar-refractivity contribution in [1.82, 2.24) is 10.5 Å². The number of carbonyl (C=O) groups is 3. The van der Waals surface area contributed by atoms with Crippen molar-refractivity contribution in [3.8, 4) is 11.1 Å². The number of aliphatic carboxylic acids is 1. The Balaban J connectivity index is 1.38. The predicted octanol–water partition coefficient (Wildman–Crippen LogP) is 3.24. The summed E-state index contributed by atoms with van der Waals surface area (Å²) in [5, 5.41) is 17.0. The van der Waals surface area contributed by atoms with Gasteiger partial charge in [-0.3, -0.25) is 14.9 Å². The lowest BCUT2D eigenvalue weighted by Crippen LogP contribution is -2.38. The van der Waals surface area contributed by atoms with Crippen molar-refractivity contribution in [2.75, 3.05) is 11.9 Å². The zero-order chi connectivity index (χ0) is 22.0. The van der Waals surface area contributed by atoms with Gasteiger partial charge in [-0.1, -0.05) is 53.7 Å². The van der Waals surface area contributed by atoms with Crippen LogP contribution in [-0.2, 0) is 9.53 Å². The first-order valence-corrected chi connectivity index (χ1v) is 9.56. The van der Waals surface area contributed by atoms with Crippen LogP contribution in [0.5, 0.6) is 0 Å². The summed E-state index contributed by atoms with van der Waals surface area (Å²) in [6.07, 6.45) is -0.760. The second-order valence-electron chi connectivity index (χ2n) is 7.06. The quantitative estimate of drug-likeness (QED) is 0.557. The van der Waals surface area contributed by atoms with Crippen molar-refractivity contribution < 1.29 is 28.8 Å². The fourth-order valence-electron chi connectivity index (χ4n) is 3.51. The molecular weight excluding hydrogens is 402 g/mol. The van der Waals surface area contributed by atoms with Gasteiger partial charge < -0.3 is 19.7 Å². The maximum absolute atomic E-state index is 12.2. The number of amides is 2. The van der Waals surface area contributed by atoms with E-state index >= 15 is 0 Å². The standard InChI is InChI=1S/C22H19N3O6/c1-12(21(27)28)23-20(26)18-10-19(31-25-18)24-22(29)30-11-17-15-8-4-2-6-13(15)14-7-3-5-9-16(14)17/h2-10,12,17H,11H2,1H3,(H,23,26)(H,24,29)(H,27,28). The number of nitrogens with one attached hydrogen (secondary N) is 2. The molecule has 9 heteroatoms. The number of rotatable bonds is 6. The van der Waals surface area contributed by atoms with Gasteiger partial charge in [0, 0.05) is 12.0 Å². The molecule has 3 N–H and O–H groups in total. The molecule has 0 spiro atoms. The summed E-state index contributed by atoms with van der Waals surface area (Å²) in [5.74, 6) is -2.11. The van der Waals surface area contributed by atoms with Crippen molar-refractivity contribution in [2.24, 2.45) is 0 Å². The van der Waals surface area contributed by atoms with E-state index in [-0.39, 0.29) is 24.1 Å². The topological polar surface area (TPSA) is 131 Å². The molecule has 0 radical (unpaired) electrons. The van der Waals surface area contributed by atoms with Crippen LogP contribution in [0.3, 0.4) is 0 Å². The van der Waals surface area contributed by atoms with E-state index in [1.807, 2.05) is 48.5 Å². The molecule has 0 bridgehead atoms. The summed E-state index contributed by atoms with van der Waals surface area (Å²) in [6.45, 7) is 1.44. The molecule has 1 heterocycles. The van der Waals surface area contributed by atoms with E-state index < -0.39 is 24.0 Å². The van der Waals surface area contributed by atoms with Gasteiger partial charge in [0.05, 0.1) is 0 Å². The summed E-state index contributed by atoms with van der Waals surface area (Å²) in [4.78, 5) is 35.0. The van der Waals surface area contributed by atoms with Crippen LogP contribution in [0.2, 0.25) is 0 Å². The molecule has 0 saturated heterocycles. The highest BCUT2D eigenvalue weighted by atomic mass is 16.6. The Bertz CT molecular complexity index is 1110. The van der Waals surface area contributed by atoms with E-state index in [4.69, 9.17) is 14.4 Å². The summed E-state index contributed by atoms with van der Waals surface area (Å²) in [6, 6.07) is 16.0. The van der Waals surface area contributed by atoms with Crippen LogP contribution in [0.25, 0.3) is 11.1 Å². The van der Waals surface area contributed by atoms with Gasteiger partial charge in [-0.2, -0.15) is 0 Å². The maximum atomic E-state index is 12.2. The minimum Gasteiger partial charge on any atom is -0.480 e. The lowest BCUT2D eigenvalue weighted by Gasteiger charge is -2.13. The lowest BCUT2D eigenvalue weighted by atomic mass is 9.98. The number of carbonyl (C=O) groups excluding carboxylic acids is 2. The number of carboxylic acid groups (broad SMARTS) is 1.